The van der Waals surface area contributed by atoms with E-state index in [2.05, 4.69) is 39.8 Å². The Hall–Kier alpha value is -0.850. The Morgan fingerprint density at radius 1 is 1.29 bits per heavy atom. The molecule has 0 aromatic heterocycles. The molecule has 2 aliphatic rings. The van der Waals surface area contributed by atoms with Crippen LogP contribution in [0.15, 0.2) is 24.3 Å². The summed E-state index contributed by atoms with van der Waals surface area (Å²) in [4.78, 5) is 14.4. The van der Waals surface area contributed by atoms with Gasteiger partial charge < -0.3 is 15.7 Å². The summed E-state index contributed by atoms with van der Waals surface area (Å²) in [5, 5.41) is 15.4. The number of β-amino-alcohol motifs (C(OH)–C–C–N with tert-alkyl or cyclic N) is 1. The number of carbonyl (C=O) groups is 1. The molecule has 24 heavy (non-hydrogen) atoms. The van der Waals surface area contributed by atoms with Gasteiger partial charge in [0.05, 0.1) is 12.1 Å². The van der Waals surface area contributed by atoms with E-state index in [4.69, 9.17) is 0 Å². The first-order chi connectivity index (χ1) is 10.7. The van der Waals surface area contributed by atoms with Crippen molar-refractivity contribution in [1.29, 1.82) is 0 Å². The van der Waals surface area contributed by atoms with Crippen molar-refractivity contribution in [3.8, 4) is 0 Å². The third-order valence-corrected chi connectivity index (χ3v) is 4.58. The van der Waals surface area contributed by atoms with Crippen LogP contribution < -0.4 is 10.6 Å². The summed E-state index contributed by atoms with van der Waals surface area (Å²) >= 11 is 0. The molecule has 3 rings (SSSR count). The fourth-order valence-corrected chi connectivity index (χ4v) is 3.30. The summed E-state index contributed by atoms with van der Waals surface area (Å²) in [6.07, 6.45) is 2.22. The molecule has 2 heterocycles. The fourth-order valence-electron chi connectivity index (χ4n) is 3.30. The van der Waals surface area contributed by atoms with Gasteiger partial charge in [0.25, 0.3) is 0 Å². The third kappa shape index (κ3) is 5.60. The van der Waals surface area contributed by atoms with Gasteiger partial charge >= 0.3 is 0 Å². The van der Waals surface area contributed by atoms with Crippen molar-refractivity contribution < 1.29 is 9.90 Å². The van der Waals surface area contributed by atoms with Crippen LogP contribution in [0.25, 0.3) is 0 Å². The Morgan fingerprint density at radius 2 is 2.04 bits per heavy atom. The van der Waals surface area contributed by atoms with E-state index in [0.717, 1.165) is 32.5 Å². The van der Waals surface area contributed by atoms with Crippen molar-refractivity contribution >= 4 is 30.7 Å². The van der Waals surface area contributed by atoms with E-state index >= 15 is 0 Å². The standard InChI is InChI=1S/C17H25N3O2.2ClH/c21-15-10-16(19-11-15)17(22)18-7-3-8-20-9-6-13-4-1-2-5-14(13)12-20;;/h1-2,4-5,15-16,19,21H,3,6-12H2,(H,18,22);2*1H. The summed E-state index contributed by atoms with van der Waals surface area (Å²) in [7, 11) is 0. The Balaban J connectivity index is 0.00000144. The average molecular weight is 376 g/mol. The molecule has 1 saturated heterocycles. The molecule has 1 aromatic carbocycles. The van der Waals surface area contributed by atoms with E-state index in [1.54, 1.807) is 0 Å². The largest absolute Gasteiger partial charge is 0.392 e. The lowest BCUT2D eigenvalue weighted by Gasteiger charge is -2.28. The average Bonchev–Trinajstić information content (AvgIpc) is 2.98. The Bertz CT molecular complexity index is 530. The fraction of sp³-hybridized carbons (Fsp3) is 0.588. The molecule has 0 bridgehead atoms. The molecule has 0 spiro atoms. The lowest BCUT2D eigenvalue weighted by molar-refractivity contribution is -0.122. The minimum absolute atomic E-state index is 0. The molecule has 1 aromatic rings. The number of halogens is 2. The number of aliphatic hydroxyl groups excluding tert-OH is 1. The number of nitrogens with zero attached hydrogens (tertiary/aromatic N) is 1. The molecule has 1 amide bonds. The summed E-state index contributed by atoms with van der Waals surface area (Å²) in [6.45, 7) is 4.34. The monoisotopic (exact) mass is 375 g/mol. The van der Waals surface area contributed by atoms with Crippen LogP contribution in [0, 0.1) is 0 Å². The van der Waals surface area contributed by atoms with E-state index in [1.807, 2.05) is 0 Å². The zero-order valence-electron chi connectivity index (χ0n) is 13.7. The Morgan fingerprint density at radius 3 is 2.75 bits per heavy atom. The van der Waals surface area contributed by atoms with Crippen LogP contribution in [0.3, 0.4) is 0 Å². The molecule has 5 nitrogen and oxygen atoms in total. The third-order valence-electron chi connectivity index (χ3n) is 4.58. The second kappa shape index (κ2) is 10.2. The van der Waals surface area contributed by atoms with Crippen LogP contribution in [0.5, 0.6) is 0 Å². The Kier molecular flexibility index (Phi) is 9.02. The highest BCUT2D eigenvalue weighted by molar-refractivity contribution is 5.85. The van der Waals surface area contributed by atoms with Gasteiger partial charge in [-0.05, 0) is 30.4 Å². The number of nitrogens with one attached hydrogen (secondary N) is 2. The predicted molar refractivity (Wildman–Crippen MR) is 100.0 cm³/mol. The molecule has 0 saturated carbocycles. The van der Waals surface area contributed by atoms with Crippen LogP contribution in [-0.2, 0) is 17.8 Å². The molecule has 0 aliphatic carbocycles. The zero-order valence-corrected chi connectivity index (χ0v) is 15.4. The normalized spacial score (nSPS) is 22.9. The number of carbonyl (C=O) groups excluding carboxylic acids is 1. The summed E-state index contributed by atoms with van der Waals surface area (Å²) in [6, 6.07) is 8.41. The van der Waals surface area contributed by atoms with E-state index in [-0.39, 0.29) is 42.9 Å². The molecule has 2 atom stereocenters. The van der Waals surface area contributed by atoms with E-state index in [0.29, 0.717) is 19.5 Å². The van der Waals surface area contributed by atoms with Gasteiger partial charge in [-0.3, -0.25) is 9.69 Å². The molecule has 136 valence electrons. The Labute approximate surface area is 156 Å². The molecule has 2 unspecified atom stereocenters. The van der Waals surface area contributed by atoms with Crippen LogP contribution in [0.4, 0.5) is 0 Å². The van der Waals surface area contributed by atoms with Gasteiger partial charge in [-0.25, -0.2) is 0 Å². The number of hydrogen-bond donors (Lipinski definition) is 3. The van der Waals surface area contributed by atoms with Crippen molar-refractivity contribution in [2.45, 2.75) is 38.0 Å². The highest BCUT2D eigenvalue weighted by atomic mass is 35.5. The summed E-state index contributed by atoms with van der Waals surface area (Å²) in [5.41, 5.74) is 2.90. The van der Waals surface area contributed by atoms with Crippen LogP contribution >= 0.6 is 24.8 Å². The molecule has 7 heteroatoms. The van der Waals surface area contributed by atoms with Gasteiger partial charge in [0.15, 0.2) is 0 Å². The van der Waals surface area contributed by atoms with E-state index < -0.39 is 0 Å². The van der Waals surface area contributed by atoms with Crippen molar-refractivity contribution in [2.75, 3.05) is 26.2 Å². The van der Waals surface area contributed by atoms with Gasteiger partial charge in [0.1, 0.15) is 0 Å². The van der Waals surface area contributed by atoms with Gasteiger partial charge in [-0.1, -0.05) is 24.3 Å². The lowest BCUT2D eigenvalue weighted by atomic mass is 10.00. The highest BCUT2D eigenvalue weighted by Gasteiger charge is 2.27. The molecule has 0 radical (unpaired) electrons. The van der Waals surface area contributed by atoms with Gasteiger partial charge in [0, 0.05) is 32.7 Å². The number of hydrogen-bond acceptors (Lipinski definition) is 4. The van der Waals surface area contributed by atoms with Gasteiger partial charge in [0.2, 0.25) is 5.91 Å². The van der Waals surface area contributed by atoms with Gasteiger partial charge in [-0.15, -0.1) is 24.8 Å². The quantitative estimate of drug-likeness (QED) is 0.674. The minimum atomic E-state index is -0.385. The molecular formula is C17H27Cl2N3O2. The number of fused-ring (bicyclic) bond motifs is 1. The highest BCUT2D eigenvalue weighted by Crippen LogP contribution is 2.18. The van der Waals surface area contributed by atoms with Crippen LogP contribution in [0.1, 0.15) is 24.0 Å². The second-order valence-corrected chi connectivity index (χ2v) is 6.29. The van der Waals surface area contributed by atoms with E-state index in [9.17, 15) is 9.90 Å². The van der Waals surface area contributed by atoms with Crippen LogP contribution in [0.2, 0.25) is 0 Å². The summed E-state index contributed by atoms with van der Waals surface area (Å²) < 4.78 is 0. The first-order valence-electron chi connectivity index (χ1n) is 8.20. The molecule has 2 aliphatic heterocycles. The first kappa shape index (κ1) is 21.2. The zero-order chi connectivity index (χ0) is 15.4. The molecular weight excluding hydrogens is 349 g/mol. The van der Waals surface area contributed by atoms with Crippen molar-refractivity contribution in [3.05, 3.63) is 35.4 Å². The second-order valence-electron chi connectivity index (χ2n) is 6.29. The smallest absolute Gasteiger partial charge is 0.237 e. The van der Waals surface area contributed by atoms with Crippen molar-refractivity contribution in [1.82, 2.24) is 15.5 Å². The van der Waals surface area contributed by atoms with Crippen molar-refractivity contribution in [2.24, 2.45) is 0 Å². The number of aliphatic hydroxyl groups is 1. The molecule has 1 fully saturated rings. The van der Waals surface area contributed by atoms with Crippen LogP contribution in [-0.4, -0.2) is 54.2 Å². The maximum Gasteiger partial charge on any atom is 0.237 e. The van der Waals surface area contributed by atoms with Crippen molar-refractivity contribution in [3.63, 3.8) is 0 Å². The van der Waals surface area contributed by atoms with E-state index in [1.165, 1.54) is 11.1 Å². The maximum atomic E-state index is 11.9. The number of benzene rings is 1. The number of rotatable bonds is 5. The predicted octanol–water partition coefficient (Wildman–Crippen LogP) is 1.12. The molecule has 3 N–H and O–H groups in total. The van der Waals surface area contributed by atoms with Gasteiger partial charge in [-0.2, -0.15) is 0 Å². The lowest BCUT2D eigenvalue weighted by Crippen LogP contribution is -2.41. The first-order valence-corrected chi connectivity index (χ1v) is 8.20. The summed E-state index contributed by atoms with van der Waals surface area (Å²) in [5.74, 6) is 0.0144. The SMILES string of the molecule is Cl.Cl.O=C(NCCCN1CCc2ccccc2C1)C1CC(O)CN1. The topological polar surface area (TPSA) is 64.6 Å². The number of amides is 1. The maximum absolute atomic E-state index is 11.9. The minimum Gasteiger partial charge on any atom is -0.392 e.